The molecule has 0 spiro atoms. The van der Waals surface area contributed by atoms with Crippen LogP contribution in [-0.2, 0) is 9.47 Å². The molecule has 0 saturated carbocycles. The molecule has 0 bridgehead atoms. The van der Waals surface area contributed by atoms with Crippen molar-refractivity contribution < 1.29 is 28.6 Å². The molecule has 0 aliphatic carbocycles. The van der Waals surface area contributed by atoms with E-state index in [1.807, 2.05) is 35.2 Å². The first-order valence-corrected chi connectivity index (χ1v) is 10.2. The van der Waals surface area contributed by atoms with E-state index in [1.165, 1.54) is 7.11 Å². The van der Waals surface area contributed by atoms with Gasteiger partial charge in [0.1, 0.15) is 12.4 Å². The highest BCUT2D eigenvalue weighted by atomic mass is 16.6. The summed E-state index contributed by atoms with van der Waals surface area (Å²) in [6.07, 6.45) is 0.539. The van der Waals surface area contributed by atoms with Gasteiger partial charge in [-0.05, 0) is 42.7 Å². The smallest absolute Gasteiger partial charge is 0.415 e. The lowest BCUT2D eigenvalue weighted by Gasteiger charge is -2.37. The molecule has 4 rings (SSSR count). The van der Waals surface area contributed by atoms with Crippen molar-refractivity contribution in [2.24, 2.45) is 0 Å². The quantitative estimate of drug-likeness (QED) is 0.697. The molecule has 0 aromatic heterocycles. The van der Waals surface area contributed by atoms with Crippen LogP contribution in [0.4, 0.5) is 9.59 Å². The Morgan fingerprint density at radius 3 is 2.32 bits per heavy atom. The van der Waals surface area contributed by atoms with Gasteiger partial charge in [0, 0.05) is 19.1 Å². The van der Waals surface area contributed by atoms with E-state index in [2.05, 4.69) is 4.74 Å². The summed E-state index contributed by atoms with van der Waals surface area (Å²) in [4.78, 5) is 39.8. The molecule has 1 atom stereocenters. The Kier molecular flexibility index (Phi) is 6.06. The van der Waals surface area contributed by atoms with Gasteiger partial charge >= 0.3 is 18.2 Å². The fraction of sp³-hybridized carbons (Fsp3) is 0.348. The molecule has 2 saturated heterocycles. The number of hydrogen-bond donors (Lipinski definition) is 0. The number of methoxy groups -OCH3 is 1. The number of amides is 2. The lowest BCUT2D eigenvalue weighted by molar-refractivity contribution is 0.0600. The van der Waals surface area contributed by atoms with Crippen LogP contribution < -0.4 is 4.74 Å². The van der Waals surface area contributed by atoms with Crippen LogP contribution in [-0.4, -0.2) is 60.8 Å². The maximum absolute atomic E-state index is 12.5. The number of carbonyl (C=O) groups is 3. The van der Waals surface area contributed by atoms with Crippen LogP contribution in [0.25, 0.3) is 0 Å². The first-order valence-electron chi connectivity index (χ1n) is 10.2. The molecule has 31 heavy (non-hydrogen) atoms. The second-order valence-corrected chi connectivity index (χ2v) is 7.51. The lowest BCUT2D eigenvalue weighted by Crippen LogP contribution is -2.48. The highest BCUT2D eigenvalue weighted by molar-refractivity contribution is 5.89. The number of hydrogen-bond acceptors (Lipinski definition) is 6. The van der Waals surface area contributed by atoms with Crippen LogP contribution in [0.2, 0.25) is 0 Å². The average Bonchev–Trinajstić information content (AvgIpc) is 3.21. The van der Waals surface area contributed by atoms with E-state index in [0.717, 1.165) is 5.56 Å². The zero-order chi connectivity index (χ0) is 21.8. The topological polar surface area (TPSA) is 85.4 Å². The number of esters is 1. The second-order valence-electron chi connectivity index (χ2n) is 7.51. The number of benzene rings is 2. The molecule has 8 heteroatoms. The van der Waals surface area contributed by atoms with E-state index in [9.17, 15) is 14.4 Å². The van der Waals surface area contributed by atoms with Crippen molar-refractivity contribution in [3.8, 4) is 5.75 Å². The Balaban J connectivity index is 1.34. The molecule has 162 valence electrons. The van der Waals surface area contributed by atoms with Gasteiger partial charge < -0.3 is 19.1 Å². The van der Waals surface area contributed by atoms with Crippen LogP contribution >= 0.6 is 0 Å². The molecule has 8 nitrogen and oxygen atoms in total. The number of nitrogens with zero attached hydrogens (tertiary/aromatic N) is 2. The van der Waals surface area contributed by atoms with E-state index < -0.39 is 12.1 Å². The van der Waals surface area contributed by atoms with Crippen molar-refractivity contribution in [2.45, 2.75) is 24.9 Å². The maximum Gasteiger partial charge on any atom is 0.415 e. The lowest BCUT2D eigenvalue weighted by atomic mass is 9.99. The molecule has 2 aliphatic rings. The van der Waals surface area contributed by atoms with Crippen LogP contribution in [0.15, 0.2) is 54.6 Å². The Morgan fingerprint density at radius 2 is 1.68 bits per heavy atom. The van der Waals surface area contributed by atoms with E-state index >= 15 is 0 Å². The summed E-state index contributed by atoms with van der Waals surface area (Å²) < 4.78 is 15.4. The van der Waals surface area contributed by atoms with Crippen LogP contribution in [0, 0.1) is 0 Å². The Bertz CT molecular complexity index is 938. The standard InChI is InChI=1S/C23H24N2O6/c1-29-21(26)17-7-9-19(10-8-17)31-22(27)24-13-11-18(12-14-24)25-20(15-30-23(25)28)16-5-3-2-4-6-16/h2-10,18,20H,11-15H2,1H3/t20-/m0/s1. The summed E-state index contributed by atoms with van der Waals surface area (Å²) in [5, 5.41) is 0. The van der Waals surface area contributed by atoms with Crippen molar-refractivity contribution in [1.29, 1.82) is 0 Å². The molecule has 0 radical (unpaired) electrons. The fourth-order valence-electron chi connectivity index (χ4n) is 4.04. The van der Waals surface area contributed by atoms with Gasteiger partial charge in [-0.2, -0.15) is 0 Å². The Labute approximate surface area is 180 Å². The van der Waals surface area contributed by atoms with Crippen LogP contribution in [0.5, 0.6) is 5.75 Å². The summed E-state index contributed by atoms with van der Waals surface area (Å²) >= 11 is 0. The third-order valence-corrected chi connectivity index (χ3v) is 5.69. The summed E-state index contributed by atoms with van der Waals surface area (Å²) in [6.45, 7) is 1.30. The van der Waals surface area contributed by atoms with Crippen molar-refractivity contribution in [3.63, 3.8) is 0 Å². The highest BCUT2D eigenvalue weighted by Gasteiger charge is 2.40. The SMILES string of the molecule is COC(=O)c1ccc(OC(=O)N2CCC(N3C(=O)OC[C@H]3c3ccccc3)CC2)cc1. The molecular formula is C23H24N2O6. The Hall–Kier alpha value is -3.55. The second kappa shape index (κ2) is 9.07. The molecule has 0 N–H and O–H groups in total. The maximum atomic E-state index is 12.5. The molecule has 2 aromatic carbocycles. The van der Waals surface area contributed by atoms with Gasteiger partial charge in [0.2, 0.25) is 0 Å². The number of likely N-dealkylation sites (tertiary alicyclic amines) is 1. The minimum absolute atomic E-state index is 0.00333. The van der Waals surface area contributed by atoms with E-state index in [1.54, 1.807) is 29.2 Å². The first kappa shape index (κ1) is 20.7. The zero-order valence-corrected chi connectivity index (χ0v) is 17.2. The zero-order valence-electron chi connectivity index (χ0n) is 17.2. The molecule has 2 amide bonds. The van der Waals surface area contributed by atoms with Gasteiger partial charge in [-0.1, -0.05) is 30.3 Å². The summed E-state index contributed by atoms with van der Waals surface area (Å²) in [5.74, 6) is -0.0961. The van der Waals surface area contributed by atoms with Crippen molar-refractivity contribution in [2.75, 3.05) is 26.8 Å². The third-order valence-electron chi connectivity index (χ3n) is 5.69. The number of ether oxygens (including phenoxy) is 3. The summed E-state index contributed by atoms with van der Waals surface area (Å²) in [7, 11) is 1.31. The normalized spacial score (nSPS) is 19.1. The van der Waals surface area contributed by atoms with Gasteiger partial charge in [-0.3, -0.25) is 4.90 Å². The van der Waals surface area contributed by atoms with Crippen LogP contribution in [0.1, 0.15) is 34.8 Å². The van der Waals surface area contributed by atoms with Gasteiger partial charge in [-0.15, -0.1) is 0 Å². The summed E-state index contributed by atoms with van der Waals surface area (Å²) in [5.41, 5.74) is 1.43. The number of cyclic esters (lactones) is 1. The number of piperidine rings is 1. The highest BCUT2D eigenvalue weighted by Crippen LogP contribution is 2.33. The van der Waals surface area contributed by atoms with Gasteiger partial charge in [0.15, 0.2) is 0 Å². The van der Waals surface area contributed by atoms with Crippen molar-refractivity contribution >= 4 is 18.2 Å². The van der Waals surface area contributed by atoms with Gasteiger partial charge in [-0.25, -0.2) is 14.4 Å². The molecule has 2 heterocycles. The predicted octanol–water partition coefficient (Wildman–Crippen LogP) is 3.63. The van der Waals surface area contributed by atoms with E-state index in [4.69, 9.17) is 9.47 Å². The monoisotopic (exact) mass is 424 g/mol. The predicted molar refractivity (Wildman–Crippen MR) is 111 cm³/mol. The largest absolute Gasteiger partial charge is 0.465 e. The fourth-order valence-corrected chi connectivity index (χ4v) is 4.04. The number of carbonyl (C=O) groups excluding carboxylic acids is 3. The van der Waals surface area contributed by atoms with Gasteiger partial charge in [0.25, 0.3) is 0 Å². The average molecular weight is 424 g/mol. The minimum atomic E-state index is -0.451. The molecular weight excluding hydrogens is 400 g/mol. The molecule has 2 aromatic rings. The van der Waals surface area contributed by atoms with Crippen LogP contribution in [0.3, 0.4) is 0 Å². The molecule has 2 fully saturated rings. The van der Waals surface area contributed by atoms with Crippen molar-refractivity contribution in [1.82, 2.24) is 9.80 Å². The first-order chi connectivity index (χ1) is 15.1. The van der Waals surface area contributed by atoms with E-state index in [0.29, 0.717) is 43.9 Å². The Morgan fingerprint density at radius 1 is 1.00 bits per heavy atom. The molecule has 2 aliphatic heterocycles. The number of rotatable bonds is 4. The van der Waals surface area contributed by atoms with Crippen molar-refractivity contribution in [3.05, 3.63) is 65.7 Å². The summed E-state index contributed by atoms with van der Waals surface area (Å²) in [6, 6.07) is 15.9. The minimum Gasteiger partial charge on any atom is -0.465 e. The third kappa shape index (κ3) is 4.47. The molecule has 0 unspecified atom stereocenters. The van der Waals surface area contributed by atoms with E-state index in [-0.39, 0.29) is 18.2 Å². The van der Waals surface area contributed by atoms with Gasteiger partial charge in [0.05, 0.1) is 18.7 Å².